The topological polar surface area (TPSA) is 28.0 Å². The molecule has 64 valence electrons. The highest BCUT2D eigenvalue weighted by molar-refractivity contribution is 4.72. The van der Waals surface area contributed by atoms with E-state index in [2.05, 4.69) is 10.3 Å². The molecule has 0 saturated heterocycles. The van der Waals surface area contributed by atoms with Crippen molar-refractivity contribution in [2.45, 2.75) is 25.8 Å². The fraction of sp³-hybridized carbons (Fsp3) is 1.00. The van der Waals surface area contributed by atoms with Crippen LogP contribution in [0.2, 0.25) is 0 Å². The third-order valence-corrected chi connectivity index (χ3v) is 1.80. The van der Waals surface area contributed by atoms with Crippen molar-refractivity contribution in [2.75, 3.05) is 19.8 Å². The van der Waals surface area contributed by atoms with Gasteiger partial charge in [0, 0.05) is 6.54 Å². The zero-order valence-corrected chi connectivity index (χ0v) is 6.83. The molecular weight excluding hydrogens is 145 g/mol. The summed E-state index contributed by atoms with van der Waals surface area (Å²) in [6.45, 7) is 3.57. The molecule has 0 aromatic heterocycles. The van der Waals surface area contributed by atoms with Gasteiger partial charge in [-0.2, -0.15) is 5.11 Å². The summed E-state index contributed by atoms with van der Waals surface area (Å²) in [4.78, 5) is 0. The van der Waals surface area contributed by atoms with E-state index in [0.29, 0.717) is 6.42 Å². The number of rotatable bonds is 4. The van der Waals surface area contributed by atoms with Gasteiger partial charge in [-0.25, -0.2) is 0 Å². The molecule has 1 aliphatic heterocycles. The number of hydrogen-bond donors (Lipinski definition) is 0. The minimum Gasteiger partial charge on any atom is -0.277 e. The SMILES string of the molecule is CCN1CC(CCCF)N=N1. The predicted octanol–water partition coefficient (Wildman–Crippen LogP) is 1.81. The average Bonchev–Trinajstić information content (AvgIpc) is 2.48. The number of halogens is 1. The minimum absolute atomic E-state index is 0.238. The fourth-order valence-corrected chi connectivity index (χ4v) is 1.12. The summed E-state index contributed by atoms with van der Waals surface area (Å²) < 4.78 is 11.7. The van der Waals surface area contributed by atoms with Gasteiger partial charge in [0.2, 0.25) is 0 Å². The zero-order chi connectivity index (χ0) is 8.10. The third-order valence-electron chi connectivity index (χ3n) is 1.80. The van der Waals surface area contributed by atoms with Gasteiger partial charge in [0.1, 0.15) is 0 Å². The maximum Gasteiger partial charge on any atom is 0.0922 e. The summed E-state index contributed by atoms with van der Waals surface area (Å²) in [6, 6.07) is 0.241. The molecule has 0 saturated carbocycles. The number of nitrogens with zero attached hydrogens (tertiary/aromatic N) is 3. The van der Waals surface area contributed by atoms with Gasteiger partial charge in [-0.05, 0) is 19.8 Å². The van der Waals surface area contributed by atoms with Crippen molar-refractivity contribution in [2.24, 2.45) is 10.3 Å². The van der Waals surface area contributed by atoms with Gasteiger partial charge in [0.05, 0.1) is 19.3 Å². The summed E-state index contributed by atoms with van der Waals surface area (Å²) in [7, 11) is 0. The van der Waals surface area contributed by atoms with E-state index in [-0.39, 0.29) is 12.7 Å². The predicted molar refractivity (Wildman–Crippen MR) is 41.1 cm³/mol. The van der Waals surface area contributed by atoms with Crippen molar-refractivity contribution in [3.8, 4) is 0 Å². The molecule has 0 fully saturated rings. The lowest BCUT2D eigenvalue weighted by Gasteiger charge is -2.09. The van der Waals surface area contributed by atoms with Crippen LogP contribution in [0.5, 0.6) is 0 Å². The maximum atomic E-state index is 11.7. The summed E-state index contributed by atoms with van der Waals surface area (Å²) in [5, 5.41) is 9.84. The van der Waals surface area contributed by atoms with Crippen molar-refractivity contribution < 1.29 is 4.39 Å². The van der Waals surface area contributed by atoms with Crippen LogP contribution < -0.4 is 0 Å². The van der Waals surface area contributed by atoms with Crippen LogP contribution in [0, 0.1) is 0 Å². The molecule has 1 atom stereocenters. The molecular formula is C7H14FN3. The summed E-state index contributed by atoms with van der Waals surface area (Å²) in [5.41, 5.74) is 0. The molecule has 0 aromatic carbocycles. The van der Waals surface area contributed by atoms with Crippen molar-refractivity contribution in [3.63, 3.8) is 0 Å². The first-order chi connectivity index (χ1) is 5.36. The standard InChI is InChI=1S/C7H14FN3/c1-2-11-6-7(9-10-11)4-3-5-8/h7H,2-6H2,1H3. The molecule has 0 N–H and O–H groups in total. The van der Waals surface area contributed by atoms with E-state index in [0.717, 1.165) is 19.5 Å². The normalized spacial score (nSPS) is 23.1. The summed E-state index contributed by atoms with van der Waals surface area (Å²) in [6.07, 6.45) is 1.44. The number of likely N-dealkylation sites (N-methyl/N-ethyl adjacent to an activating group) is 1. The Hall–Kier alpha value is -0.670. The molecule has 4 heteroatoms. The Morgan fingerprint density at radius 1 is 1.64 bits per heavy atom. The van der Waals surface area contributed by atoms with Gasteiger partial charge >= 0.3 is 0 Å². The second kappa shape index (κ2) is 4.26. The van der Waals surface area contributed by atoms with Crippen molar-refractivity contribution >= 4 is 0 Å². The van der Waals surface area contributed by atoms with E-state index in [1.54, 1.807) is 0 Å². The lowest BCUT2D eigenvalue weighted by Crippen LogP contribution is -2.20. The Balaban J connectivity index is 2.15. The van der Waals surface area contributed by atoms with Gasteiger partial charge in [-0.3, -0.25) is 9.40 Å². The molecule has 1 heterocycles. The molecule has 0 aromatic rings. The summed E-state index contributed by atoms with van der Waals surface area (Å²) >= 11 is 0. The van der Waals surface area contributed by atoms with Crippen LogP contribution in [0.25, 0.3) is 0 Å². The van der Waals surface area contributed by atoms with E-state index in [1.807, 2.05) is 11.9 Å². The van der Waals surface area contributed by atoms with E-state index < -0.39 is 0 Å². The molecule has 1 aliphatic rings. The lowest BCUT2D eigenvalue weighted by atomic mass is 10.2. The Kier molecular flexibility index (Phi) is 3.26. The number of hydrogen-bond acceptors (Lipinski definition) is 3. The monoisotopic (exact) mass is 159 g/mol. The Labute approximate surface area is 66.3 Å². The van der Waals surface area contributed by atoms with Crippen LogP contribution in [0.3, 0.4) is 0 Å². The second-order valence-electron chi connectivity index (χ2n) is 2.70. The zero-order valence-electron chi connectivity index (χ0n) is 6.83. The van der Waals surface area contributed by atoms with Crippen LogP contribution in [0.1, 0.15) is 19.8 Å². The first-order valence-electron chi connectivity index (χ1n) is 4.08. The maximum absolute atomic E-state index is 11.7. The Bertz CT molecular complexity index is 138. The highest BCUT2D eigenvalue weighted by Crippen LogP contribution is 2.12. The van der Waals surface area contributed by atoms with Gasteiger partial charge in [0.15, 0.2) is 0 Å². The van der Waals surface area contributed by atoms with E-state index >= 15 is 0 Å². The number of alkyl halides is 1. The molecule has 0 spiro atoms. The molecule has 0 bridgehead atoms. The fourth-order valence-electron chi connectivity index (χ4n) is 1.12. The van der Waals surface area contributed by atoms with Crippen molar-refractivity contribution in [1.29, 1.82) is 0 Å². The molecule has 3 nitrogen and oxygen atoms in total. The minimum atomic E-state index is -0.238. The average molecular weight is 159 g/mol. The van der Waals surface area contributed by atoms with Crippen molar-refractivity contribution in [3.05, 3.63) is 0 Å². The van der Waals surface area contributed by atoms with Gasteiger partial charge in [-0.1, -0.05) is 5.22 Å². The van der Waals surface area contributed by atoms with Crippen LogP contribution in [0.15, 0.2) is 10.3 Å². The molecule has 11 heavy (non-hydrogen) atoms. The highest BCUT2D eigenvalue weighted by Gasteiger charge is 2.16. The molecule has 0 amide bonds. The van der Waals surface area contributed by atoms with E-state index in [1.165, 1.54) is 0 Å². The first-order valence-corrected chi connectivity index (χ1v) is 4.08. The third kappa shape index (κ3) is 2.44. The van der Waals surface area contributed by atoms with E-state index in [9.17, 15) is 4.39 Å². The largest absolute Gasteiger partial charge is 0.277 e. The smallest absolute Gasteiger partial charge is 0.0922 e. The van der Waals surface area contributed by atoms with Gasteiger partial charge in [-0.15, -0.1) is 0 Å². The van der Waals surface area contributed by atoms with Gasteiger partial charge in [0.25, 0.3) is 0 Å². The highest BCUT2D eigenvalue weighted by atomic mass is 19.1. The van der Waals surface area contributed by atoms with E-state index in [4.69, 9.17) is 0 Å². The van der Waals surface area contributed by atoms with Gasteiger partial charge < -0.3 is 0 Å². The quantitative estimate of drug-likeness (QED) is 0.614. The summed E-state index contributed by atoms with van der Waals surface area (Å²) in [5.74, 6) is 0. The van der Waals surface area contributed by atoms with Crippen LogP contribution in [-0.4, -0.2) is 30.8 Å². The second-order valence-corrected chi connectivity index (χ2v) is 2.70. The molecule has 1 rings (SSSR count). The molecule has 0 aliphatic carbocycles. The molecule has 1 unspecified atom stereocenters. The lowest BCUT2D eigenvalue weighted by molar-refractivity contribution is 0.319. The van der Waals surface area contributed by atoms with Crippen LogP contribution in [0.4, 0.5) is 4.39 Å². The van der Waals surface area contributed by atoms with Crippen LogP contribution >= 0.6 is 0 Å². The molecule has 0 radical (unpaired) electrons. The Morgan fingerprint density at radius 2 is 2.45 bits per heavy atom. The first kappa shape index (κ1) is 8.43. The van der Waals surface area contributed by atoms with Crippen molar-refractivity contribution in [1.82, 2.24) is 5.01 Å². The van der Waals surface area contributed by atoms with Crippen LogP contribution in [-0.2, 0) is 0 Å². The Morgan fingerprint density at radius 3 is 3.00 bits per heavy atom.